The summed E-state index contributed by atoms with van der Waals surface area (Å²) in [7, 11) is -3.10. The highest BCUT2D eigenvalue weighted by molar-refractivity contribution is 7.88. The molecule has 0 aromatic heterocycles. The van der Waals surface area contributed by atoms with E-state index in [0.29, 0.717) is 26.1 Å². The summed E-state index contributed by atoms with van der Waals surface area (Å²) in [5.41, 5.74) is 0. The molecule has 0 saturated carbocycles. The number of sulfonamides is 1. The minimum atomic E-state index is -3.10. The number of nitrogens with one attached hydrogen (secondary N) is 2. The zero-order chi connectivity index (χ0) is 11.7. The van der Waals surface area contributed by atoms with Gasteiger partial charge in [-0.25, -0.2) is 17.9 Å². The molecule has 0 aromatic rings. The molecule has 0 aliphatic heterocycles. The van der Waals surface area contributed by atoms with Crippen LogP contribution in [0.2, 0.25) is 0 Å². The Kier molecular flexibility index (Phi) is 6.93. The summed E-state index contributed by atoms with van der Waals surface area (Å²) >= 11 is 0. The quantitative estimate of drug-likeness (QED) is 0.377. The van der Waals surface area contributed by atoms with E-state index in [1.165, 1.54) is 6.08 Å². The van der Waals surface area contributed by atoms with Gasteiger partial charge in [0.2, 0.25) is 10.0 Å². The average Bonchev–Trinajstić information content (AvgIpc) is 2.07. The second kappa shape index (κ2) is 7.38. The molecule has 0 saturated heterocycles. The molecule has 0 atom stereocenters. The van der Waals surface area contributed by atoms with Crippen LogP contribution in [0, 0.1) is 0 Å². The van der Waals surface area contributed by atoms with Crippen LogP contribution in [0.5, 0.6) is 0 Å². The van der Waals surface area contributed by atoms with Crippen molar-refractivity contribution in [1.29, 1.82) is 0 Å². The lowest BCUT2D eigenvalue weighted by Crippen LogP contribution is -2.26. The molecule has 0 rings (SSSR count). The summed E-state index contributed by atoms with van der Waals surface area (Å²) in [6.07, 6.45) is 4.32. The zero-order valence-corrected chi connectivity index (χ0v) is 9.38. The minimum Gasteiger partial charge on any atom is -0.478 e. The smallest absolute Gasteiger partial charge is 0.328 e. The van der Waals surface area contributed by atoms with Crippen molar-refractivity contribution in [3.05, 3.63) is 12.2 Å². The lowest BCUT2D eigenvalue weighted by molar-refractivity contribution is -0.131. The molecule has 15 heavy (non-hydrogen) atoms. The third kappa shape index (κ3) is 13.1. The highest BCUT2D eigenvalue weighted by Gasteiger charge is 1.97. The Hall–Kier alpha value is -0.920. The second-order valence-corrected chi connectivity index (χ2v) is 4.80. The molecule has 0 bridgehead atoms. The van der Waals surface area contributed by atoms with E-state index in [-0.39, 0.29) is 0 Å². The van der Waals surface area contributed by atoms with Gasteiger partial charge in [-0.3, -0.25) is 0 Å². The Balaban J connectivity index is 3.30. The second-order valence-electron chi connectivity index (χ2n) is 2.96. The van der Waals surface area contributed by atoms with Gasteiger partial charge in [0.1, 0.15) is 0 Å². The number of carbonyl (C=O) groups is 1. The van der Waals surface area contributed by atoms with Crippen LogP contribution in [0.25, 0.3) is 0 Å². The fourth-order valence-corrected chi connectivity index (χ4v) is 1.33. The van der Waals surface area contributed by atoms with Gasteiger partial charge in [0.15, 0.2) is 0 Å². The van der Waals surface area contributed by atoms with Crippen molar-refractivity contribution >= 4 is 16.0 Å². The molecule has 0 aromatic carbocycles. The van der Waals surface area contributed by atoms with Crippen molar-refractivity contribution in [1.82, 2.24) is 10.0 Å². The largest absolute Gasteiger partial charge is 0.478 e. The van der Waals surface area contributed by atoms with Gasteiger partial charge in [-0.15, -0.1) is 0 Å². The minimum absolute atomic E-state index is 0.383. The van der Waals surface area contributed by atoms with Gasteiger partial charge in [0.25, 0.3) is 0 Å². The molecule has 0 amide bonds. The number of hydrogen-bond donors (Lipinski definition) is 3. The van der Waals surface area contributed by atoms with E-state index in [4.69, 9.17) is 5.11 Å². The van der Waals surface area contributed by atoms with Crippen LogP contribution < -0.4 is 10.0 Å². The number of hydrogen-bond acceptors (Lipinski definition) is 4. The fourth-order valence-electron chi connectivity index (χ4n) is 0.816. The molecular formula is C8H16N2O4S. The molecule has 88 valence electrons. The van der Waals surface area contributed by atoms with Crippen molar-refractivity contribution in [2.24, 2.45) is 0 Å². The van der Waals surface area contributed by atoms with Crippen LogP contribution in [-0.4, -0.2) is 45.4 Å². The zero-order valence-electron chi connectivity index (χ0n) is 8.56. The van der Waals surface area contributed by atoms with Crippen LogP contribution in [0.1, 0.15) is 6.42 Å². The maximum Gasteiger partial charge on any atom is 0.328 e. The third-order valence-corrected chi connectivity index (χ3v) is 2.15. The van der Waals surface area contributed by atoms with E-state index in [1.807, 2.05) is 0 Å². The Morgan fingerprint density at radius 1 is 1.40 bits per heavy atom. The first-order valence-corrected chi connectivity index (χ1v) is 6.36. The molecule has 6 nitrogen and oxygen atoms in total. The molecule has 7 heteroatoms. The number of carboxylic acids is 1. The monoisotopic (exact) mass is 236 g/mol. The first-order chi connectivity index (χ1) is 6.92. The Labute approximate surface area is 89.4 Å². The van der Waals surface area contributed by atoms with Gasteiger partial charge < -0.3 is 10.4 Å². The summed E-state index contributed by atoms with van der Waals surface area (Å²) in [4.78, 5) is 10.1. The number of carboxylic acid groups (broad SMARTS) is 1. The van der Waals surface area contributed by atoms with Gasteiger partial charge in [-0.2, -0.15) is 0 Å². The molecule has 0 unspecified atom stereocenters. The fraction of sp³-hybridized carbons (Fsp3) is 0.625. The normalized spacial score (nSPS) is 12.1. The molecular weight excluding hydrogens is 220 g/mol. The van der Waals surface area contributed by atoms with E-state index in [9.17, 15) is 13.2 Å². The SMILES string of the molecule is CS(=O)(=O)NCCCNC/C=C/C(=O)O. The van der Waals surface area contributed by atoms with E-state index in [0.717, 1.165) is 12.3 Å². The van der Waals surface area contributed by atoms with E-state index >= 15 is 0 Å². The van der Waals surface area contributed by atoms with Crippen LogP contribution in [0.3, 0.4) is 0 Å². The lowest BCUT2D eigenvalue weighted by atomic mass is 10.4. The van der Waals surface area contributed by atoms with Gasteiger partial charge in [0, 0.05) is 19.2 Å². The van der Waals surface area contributed by atoms with Crippen LogP contribution in [0.4, 0.5) is 0 Å². The number of rotatable bonds is 8. The molecule has 0 heterocycles. The summed E-state index contributed by atoms with van der Waals surface area (Å²) in [5, 5.41) is 11.2. The maximum absolute atomic E-state index is 10.6. The van der Waals surface area contributed by atoms with Crippen molar-refractivity contribution < 1.29 is 18.3 Å². The standard InChI is InChI=1S/C8H16N2O4S/c1-15(13,14)10-7-3-6-9-5-2-4-8(11)12/h2,4,9-10H,3,5-7H2,1H3,(H,11,12)/b4-2+. The first-order valence-electron chi connectivity index (χ1n) is 4.46. The van der Waals surface area contributed by atoms with Crippen LogP contribution in [0.15, 0.2) is 12.2 Å². The van der Waals surface area contributed by atoms with Gasteiger partial charge in [-0.1, -0.05) is 6.08 Å². The van der Waals surface area contributed by atoms with Gasteiger partial charge in [0.05, 0.1) is 6.26 Å². The summed E-state index contributed by atoms with van der Waals surface area (Å²) in [6, 6.07) is 0. The van der Waals surface area contributed by atoms with Gasteiger partial charge >= 0.3 is 5.97 Å². The third-order valence-electron chi connectivity index (χ3n) is 1.42. The molecule has 3 N–H and O–H groups in total. The first kappa shape index (κ1) is 14.1. The molecule has 0 spiro atoms. The topological polar surface area (TPSA) is 95.5 Å². The van der Waals surface area contributed by atoms with Crippen molar-refractivity contribution in [2.75, 3.05) is 25.9 Å². The molecule has 0 aliphatic rings. The van der Waals surface area contributed by atoms with E-state index < -0.39 is 16.0 Å². The summed E-state index contributed by atoms with van der Waals surface area (Å²) < 4.78 is 23.6. The lowest BCUT2D eigenvalue weighted by Gasteiger charge is -2.02. The molecule has 0 radical (unpaired) electrons. The Morgan fingerprint density at radius 3 is 2.60 bits per heavy atom. The van der Waals surface area contributed by atoms with Crippen molar-refractivity contribution in [2.45, 2.75) is 6.42 Å². The van der Waals surface area contributed by atoms with Gasteiger partial charge in [-0.05, 0) is 13.0 Å². The molecule has 0 aliphatic carbocycles. The van der Waals surface area contributed by atoms with Crippen LogP contribution >= 0.6 is 0 Å². The summed E-state index contributed by atoms with van der Waals surface area (Å²) in [5.74, 6) is -0.976. The van der Waals surface area contributed by atoms with E-state index in [2.05, 4.69) is 10.0 Å². The molecule has 0 fully saturated rings. The summed E-state index contributed by atoms with van der Waals surface area (Å²) in [6.45, 7) is 1.48. The average molecular weight is 236 g/mol. The highest BCUT2D eigenvalue weighted by Crippen LogP contribution is 1.78. The maximum atomic E-state index is 10.6. The van der Waals surface area contributed by atoms with Crippen molar-refractivity contribution in [3.8, 4) is 0 Å². The predicted molar refractivity (Wildman–Crippen MR) is 57.1 cm³/mol. The predicted octanol–water partition coefficient (Wildman–Crippen LogP) is -0.844. The van der Waals surface area contributed by atoms with Crippen molar-refractivity contribution in [3.63, 3.8) is 0 Å². The Morgan fingerprint density at radius 2 is 2.07 bits per heavy atom. The number of aliphatic carboxylic acids is 1. The Bertz CT molecular complexity index is 311. The highest BCUT2D eigenvalue weighted by atomic mass is 32.2. The van der Waals surface area contributed by atoms with Crippen LogP contribution in [-0.2, 0) is 14.8 Å². The van der Waals surface area contributed by atoms with E-state index in [1.54, 1.807) is 0 Å².